The largest absolute Gasteiger partial charge is 0.455 e. The Kier molecular flexibility index (Phi) is 9.32. The molecule has 3 aliphatic rings. The molecule has 1 spiro atoms. The van der Waals surface area contributed by atoms with Gasteiger partial charge in [-0.3, -0.25) is 24.2 Å². The molecule has 1 aliphatic carbocycles. The highest BCUT2D eigenvalue weighted by molar-refractivity contribution is 5.94. The molecule has 242 valence electrons. The zero-order valence-electron chi connectivity index (χ0n) is 26.8. The van der Waals surface area contributed by atoms with Gasteiger partial charge in [-0.15, -0.1) is 0 Å². The number of ether oxygens (including phenoxy) is 1. The van der Waals surface area contributed by atoms with E-state index in [1.54, 1.807) is 20.8 Å². The standard InChI is InChI=1S/C34H45N5O6/c1-20(2)28-29(40)35-21(3)30(41)39-18-6-7-26(38-39)31(42)45-22(4)25-11-10-24-9-8-23(19-27(24)36-25)12-13-34(32(43)37-28)16-14-33(5,44)15-17-34/h8-13,19-22,26,28,38,44H,6-7,14-18H2,1-5H3,(H,35,40)(H,37,43)/b13-12+/t21-,22+,26-,28-,33-,34+/m0/s1. The summed E-state index contributed by atoms with van der Waals surface area (Å²) in [6.45, 7) is 9.18. The van der Waals surface area contributed by atoms with Gasteiger partial charge in [-0.25, -0.2) is 10.4 Å². The van der Waals surface area contributed by atoms with Crippen molar-refractivity contribution in [1.82, 2.24) is 26.1 Å². The highest BCUT2D eigenvalue weighted by atomic mass is 16.5. The number of carbonyl (C=O) groups is 4. The molecular weight excluding hydrogens is 574 g/mol. The molecule has 2 aliphatic heterocycles. The molecule has 0 radical (unpaired) electrons. The van der Waals surface area contributed by atoms with E-state index in [-0.39, 0.29) is 11.8 Å². The first kappa shape index (κ1) is 32.6. The van der Waals surface area contributed by atoms with E-state index >= 15 is 0 Å². The SMILES string of the molecule is CC(C)[C@@H]1NC(=O)[C@]2(/C=C/c3ccc4ccc(nc4c3)[C@@H](C)OC(=O)[C@@H]3CCCN(N3)C(=O)[C@H](C)NC1=O)CC[C@](C)(O)CC2. The minimum Gasteiger partial charge on any atom is -0.455 e. The molecule has 1 saturated carbocycles. The van der Waals surface area contributed by atoms with Crippen LogP contribution >= 0.6 is 0 Å². The molecule has 5 rings (SSSR count). The molecule has 45 heavy (non-hydrogen) atoms. The second kappa shape index (κ2) is 12.9. The van der Waals surface area contributed by atoms with Crippen molar-refractivity contribution in [3.8, 4) is 0 Å². The number of amides is 3. The van der Waals surface area contributed by atoms with Crippen LogP contribution in [-0.4, -0.2) is 69.1 Å². The summed E-state index contributed by atoms with van der Waals surface area (Å²) >= 11 is 0. The Labute approximate surface area is 264 Å². The van der Waals surface area contributed by atoms with Crippen LogP contribution in [0.2, 0.25) is 0 Å². The zero-order chi connectivity index (χ0) is 32.5. The van der Waals surface area contributed by atoms with E-state index in [2.05, 4.69) is 16.1 Å². The zero-order valence-corrected chi connectivity index (χ0v) is 26.8. The Morgan fingerprint density at radius 1 is 1.02 bits per heavy atom. The van der Waals surface area contributed by atoms with Crippen molar-refractivity contribution in [3.05, 3.63) is 47.7 Å². The van der Waals surface area contributed by atoms with E-state index < -0.39 is 53.0 Å². The number of cyclic esters (lactones) is 1. The van der Waals surface area contributed by atoms with Crippen LogP contribution in [0.4, 0.5) is 0 Å². The third-order valence-electron chi connectivity index (χ3n) is 9.42. The minimum atomic E-state index is -0.949. The maximum Gasteiger partial charge on any atom is 0.325 e. The van der Waals surface area contributed by atoms with Crippen molar-refractivity contribution in [2.45, 2.75) is 103 Å². The van der Waals surface area contributed by atoms with Crippen molar-refractivity contribution < 1.29 is 29.0 Å². The number of hydrogen-bond acceptors (Lipinski definition) is 8. The highest BCUT2D eigenvalue weighted by Crippen LogP contribution is 2.43. The van der Waals surface area contributed by atoms with Gasteiger partial charge in [-0.05, 0) is 82.9 Å². The van der Waals surface area contributed by atoms with Crippen LogP contribution in [0.25, 0.3) is 17.0 Å². The molecule has 4 N–H and O–H groups in total. The highest BCUT2D eigenvalue weighted by Gasteiger charge is 2.44. The number of rotatable bonds is 1. The number of esters is 1. The Hall–Kier alpha value is -3.83. The fraction of sp³-hybridized carbons (Fsp3) is 0.559. The lowest BCUT2D eigenvalue weighted by molar-refractivity contribution is -0.157. The molecule has 11 nitrogen and oxygen atoms in total. The van der Waals surface area contributed by atoms with Crippen LogP contribution in [0.3, 0.4) is 0 Å². The molecule has 4 atom stereocenters. The first-order chi connectivity index (χ1) is 21.3. The molecule has 11 heteroatoms. The van der Waals surface area contributed by atoms with Crippen LogP contribution < -0.4 is 16.1 Å². The predicted octanol–water partition coefficient (Wildman–Crippen LogP) is 3.32. The summed E-state index contributed by atoms with van der Waals surface area (Å²) in [6.07, 6.45) is 5.90. The van der Waals surface area contributed by atoms with E-state index in [1.165, 1.54) is 5.01 Å². The molecule has 1 aromatic carbocycles. The van der Waals surface area contributed by atoms with Crippen LogP contribution in [0.1, 0.15) is 90.5 Å². The van der Waals surface area contributed by atoms with Gasteiger partial charge in [0.15, 0.2) is 0 Å². The van der Waals surface area contributed by atoms with E-state index in [9.17, 15) is 24.3 Å². The molecule has 2 aromatic rings. The van der Waals surface area contributed by atoms with Gasteiger partial charge in [0.2, 0.25) is 11.8 Å². The van der Waals surface area contributed by atoms with E-state index in [0.29, 0.717) is 56.3 Å². The Balaban J connectivity index is 1.54. The molecule has 0 unspecified atom stereocenters. The molecule has 3 amide bonds. The monoisotopic (exact) mass is 619 g/mol. The van der Waals surface area contributed by atoms with Crippen LogP contribution in [0.15, 0.2) is 36.4 Å². The maximum absolute atomic E-state index is 14.1. The summed E-state index contributed by atoms with van der Waals surface area (Å²) < 4.78 is 5.79. The molecule has 1 saturated heterocycles. The summed E-state index contributed by atoms with van der Waals surface area (Å²) in [6, 6.07) is 7.06. The predicted molar refractivity (Wildman–Crippen MR) is 169 cm³/mol. The van der Waals surface area contributed by atoms with Gasteiger partial charge < -0.3 is 20.5 Å². The van der Waals surface area contributed by atoms with Gasteiger partial charge >= 0.3 is 5.97 Å². The van der Waals surface area contributed by atoms with Gasteiger partial charge in [0.25, 0.3) is 5.91 Å². The number of fused-ring (bicyclic) bond motifs is 4. The average molecular weight is 620 g/mol. The van der Waals surface area contributed by atoms with E-state index in [0.717, 1.165) is 10.9 Å². The summed E-state index contributed by atoms with van der Waals surface area (Å²) in [4.78, 5) is 58.9. The lowest BCUT2D eigenvalue weighted by Gasteiger charge is -2.41. The lowest BCUT2D eigenvalue weighted by atomic mass is 9.68. The number of nitrogens with zero attached hydrogens (tertiary/aromatic N) is 2. The van der Waals surface area contributed by atoms with E-state index in [4.69, 9.17) is 9.72 Å². The second-order valence-electron chi connectivity index (χ2n) is 13.5. The number of aliphatic hydroxyl groups is 1. The van der Waals surface area contributed by atoms with Crippen molar-refractivity contribution in [3.63, 3.8) is 0 Å². The number of pyridine rings is 1. The van der Waals surface area contributed by atoms with Gasteiger partial charge in [-0.2, -0.15) is 0 Å². The Morgan fingerprint density at radius 3 is 2.44 bits per heavy atom. The number of hydrogen-bond donors (Lipinski definition) is 4. The van der Waals surface area contributed by atoms with Crippen molar-refractivity contribution in [1.29, 1.82) is 0 Å². The molecule has 5 bridgehead atoms. The van der Waals surface area contributed by atoms with Crippen molar-refractivity contribution in [2.75, 3.05) is 6.54 Å². The Morgan fingerprint density at radius 2 is 1.73 bits per heavy atom. The fourth-order valence-electron chi connectivity index (χ4n) is 6.29. The molecule has 2 fully saturated rings. The summed E-state index contributed by atoms with van der Waals surface area (Å²) in [7, 11) is 0. The van der Waals surface area contributed by atoms with Crippen molar-refractivity contribution >= 4 is 40.7 Å². The third-order valence-corrected chi connectivity index (χ3v) is 9.42. The first-order valence-electron chi connectivity index (χ1n) is 16.0. The number of aromatic nitrogens is 1. The smallest absolute Gasteiger partial charge is 0.325 e. The summed E-state index contributed by atoms with van der Waals surface area (Å²) in [5.41, 5.74) is 3.30. The fourth-order valence-corrected chi connectivity index (χ4v) is 6.29. The molecule has 3 heterocycles. The number of nitrogens with one attached hydrogen (secondary N) is 3. The van der Waals surface area contributed by atoms with Crippen LogP contribution in [0, 0.1) is 11.3 Å². The third kappa shape index (κ3) is 7.20. The summed E-state index contributed by atoms with van der Waals surface area (Å²) in [5.74, 6) is -1.90. The number of hydrazine groups is 1. The van der Waals surface area contributed by atoms with Gasteiger partial charge in [0, 0.05) is 11.9 Å². The van der Waals surface area contributed by atoms with Gasteiger partial charge in [0.1, 0.15) is 24.2 Å². The average Bonchev–Trinajstić information content (AvgIpc) is 3.01. The number of carbonyl (C=O) groups excluding carboxylic acids is 4. The minimum absolute atomic E-state index is 0.263. The quantitative estimate of drug-likeness (QED) is 0.355. The second-order valence-corrected chi connectivity index (χ2v) is 13.5. The lowest BCUT2D eigenvalue weighted by Crippen LogP contribution is -2.61. The molecular formula is C34H45N5O6. The Bertz CT molecular complexity index is 1490. The van der Waals surface area contributed by atoms with Crippen molar-refractivity contribution in [2.24, 2.45) is 11.3 Å². The normalized spacial score (nSPS) is 32.7. The topological polar surface area (TPSA) is 150 Å². The van der Waals surface area contributed by atoms with E-state index in [1.807, 2.05) is 56.3 Å². The van der Waals surface area contributed by atoms with Crippen LogP contribution in [0.5, 0.6) is 0 Å². The maximum atomic E-state index is 14.1. The summed E-state index contributed by atoms with van der Waals surface area (Å²) in [5, 5.41) is 18.8. The first-order valence-corrected chi connectivity index (χ1v) is 16.0. The van der Waals surface area contributed by atoms with Gasteiger partial charge in [0.05, 0.1) is 22.2 Å². The van der Waals surface area contributed by atoms with Gasteiger partial charge in [-0.1, -0.05) is 44.2 Å². The number of benzene rings is 1. The molecule has 1 aromatic heterocycles. The van der Waals surface area contributed by atoms with Crippen LogP contribution in [-0.2, 0) is 23.9 Å².